The molecule has 3 aromatic rings. The summed E-state index contributed by atoms with van der Waals surface area (Å²) in [6, 6.07) is 7.72. The van der Waals surface area contributed by atoms with Crippen molar-refractivity contribution in [3.05, 3.63) is 69.9 Å². The fourth-order valence-corrected chi connectivity index (χ4v) is 8.03. The number of nitrogens with two attached hydrogens (primary N) is 1. The Kier molecular flexibility index (Phi) is 4.97. The first-order valence-corrected chi connectivity index (χ1v) is 12.9. The second-order valence-electron chi connectivity index (χ2n) is 9.48. The number of hydrogen-bond acceptors (Lipinski definition) is 6. The molecule has 1 saturated heterocycles. The van der Waals surface area contributed by atoms with E-state index in [1.807, 2.05) is 0 Å². The smallest absolute Gasteiger partial charge is 0.187 e. The number of Topliss-reactive ketones (excluding diaryl/α,β-unsaturated/α-hetero) is 1. The van der Waals surface area contributed by atoms with E-state index in [2.05, 4.69) is 9.98 Å². The molecule has 0 saturated carbocycles. The van der Waals surface area contributed by atoms with Crippen molar-refractivity contribution in [1.29, 1.82) is 0 Å². The highest BCUT2D eigenvalue weighted by atomic mass is 35.5. The number of aliphatic imine (C=N–C) groups is 1. The molecule has 0 unspecified atom stereocenters. The van der Waals surface area contributed by atoms with Crippen molar-refractivity contribution < 1.29 is 17.6 Å². The van der Waals surface area contributed by atoms with Gasteiger partial charge in [-0.2, -0.15) is 0 Å². The molecule has 2 aliphatic rings. The van der Waals surface area contributed by atoms with Gasteiger partial charge >= 0.3 is 0 Å². The first-order valence-electron chi connectivity index (χ1n) is 10.9. The van der Waals surface area contributed by atoms with Gasteiger partial charge in [0.15, 0.2) is 15.6 Å². The minimum atomic E-state index is -3.67. The zero-order valence-corrected chi connectivity index (χ0v) is 20.5. The number of sulfone groups is 1. The summed E-state index contributed by atoms with van der Waals surface area (Å²) in [6.07, 6.45) is 2.34. The molecule has 1 fully saturated rings. The van der Waals surface area contributed by atoms with E-state index in [9.17, 15) is 13.2 Å². The third-order valence-corrected chi connectivity index (χ3v) is 10.8. The van der Waals surface area contributed by atoms with Crippen LogP contribution in [-0.4, -0.2) is 39.4 Å². The highest BCUT2D eigenvalue weighted by Gasteiger charge is 2.63. The van der Waals surface area contributed by atoms with Crippen molar-refractivity contribution in [3.8, 4) is 0 Å². The van der Waals surface area contributed by atoms with E-state index in [1.165, 1.54) is 18.2 Å². The summed E-state index contributed by atoms with van der Waals surface area (Å²) in [7, 11) is -3.67. The van der Waals surface area contributed by atoms with E-state index in [1.54, 1.807) is 43.5 Å². The molecule has 2 bridgehead atoms. The Morgan fingerprint density at radius 3 is 2.76 bits per heavy atom. The summed E-state index contributed by atoms with van der Waals surface area (Å²) in [5.41, 5.74) is 6.95. The molecular formula is C24H24ClFN4O3S. The molecule has 0 radical (unpaired) electrons. The lowest BCUT2D eigenvalue weighted by molar-refractivity contribution is 0.0988. The second kappa shape index (κ2) is 7.36. The molecule has 4 heterocycles. The number of carbonyl (C=O) groups is 1. The molecule has 2 aliphatic heterocycles. The zero-order chi connectivity index (χ0) is 24.6. The number of amidine groups is 1. The maximum Gasteiger partial charge on any atom is 0.187 e. The number of ketones is 1. The molecule has 2 aromatic heterocycles. The standard InChI is InChI=1S/C24H24ClFN4O3S/c1-13-21(28-20-7-5-15(25)12-30(13)20)18(31)11-14-4-6-17(26)16(10-14)24(3)19-8-9-23(2,22(27)29-24)34(19,32)33/h4-7,10,12,19H,8-9,11H2,1-3H3,(H2,27,29)/t19-,23+,24+/m0/s1. The van der Waals surface area contributed by atoms with Gasteiger partial charge in [-0.15, -0.1) is 0 Å². The second-order valence-corrected chi connectivity index (χ2v) is 12.5. The third kappa shape index (κ3) is 3.06. The molecule has 1 aromatic carbocycles. The molecule has 3 atom stereocenters. The fourth-order valence-electron chi connectivity index (χ4n) is 5.29. The summed E-state index contributed by atoms with van der Waals surface area (Å²) in [4.78, 5) is 22.1. The number of imidazole rings is 1. The van der Waals surface area contributed by atoms with Crippen molar-refractivity contribution in [2.45, 2.75) is 55.6 Å². The van der Waals surface area contributed by atoms with Gasteiger partial charge in [-0.1, -0.05) is 17.7 Å². The summed E-state index contributed by atoms with van der Waals surface area (Å²) >= 11 is 6.06. The van der Waals surface area contributed by atoms with Crippen LogP contribution in [0.3, 0.4) is 0 Å². The van der Waals surface area contributed by atoms with Gasteiger partial charge in [-0.05, 0) is 63.4 Å². The Bertz CT molecular complexity index is 1520. The lowest BCUT2D eigenvalue weighted by Gasteiger charge is -2.39. The summed E-state index contributed by atoms with van der Waals surface area (Å²) < 4.78 is 42.1. The van der Waals surface area contributed by atoms with Crippen molar-refractivity contribution in [2.24, 2.45) is 10.7 Å². The van der Waals surface area contributed by atoms with Gasteiger partial charge in [-0.25, -0.2) is 17.8 Å². The summed E-state index contributed by atoms with van der Waals surface area (Å²) in [5, 5.41) is -0.364. The van der Waals surface area contributed by atoms with Crippen LogP contribution in [0, 0.1) is 12.7 Å². The average molecular weight is 503 g/mol. The predicted molar refractivity (Wildman–Crippen MR) is 129 cm³/mol. The fraction of sp³-hybridized carbons (Fsp3) is 0.375. The number of hydrogen-bond donors (Lipinski definition) is 1. The highest BCUT2D eigenvalue weighted by Crippen LogP contribution is 2.51. The third-order valence-electron chi connectivity index (χ3n) is 7.43. The van der Waals surface area contributed by atoms with E-state index < -0.39 is 31.2 Å². The molecule has 7 nitrogen and oxygen atoms in total. The maximum absolute atomic E-state index is 15.1. The van der Waals surface area contributed by atoms with Gasteiger partial charge in [0.05, 0.1) is 16.0 Å². The molecular weight excluding hydrogens is 479 g/mol. The van der Waals surface area contributed by atoms with Crippen LogP contribution in [0.4, 0.5) is 4.39 Å². The van der Waals surface area contributed by atoms with Crippen molar-refractivity contribution in [1.82, 2.24) is 9.38 Å². The highest BCUT2D eigenvalue weighted by molar-refractivity contribution is 7.94. The lowest BCUT2D eigenvalue weighted by Crippen LogP contribution is -2.55. The number of carbonyl (C=O) groups excluding carboxylic acids is 1. The Morgan fingerprint density at radius 2 is 2.03 bits per heavy atom. The van der Waals surface area contributed by atoms with Crippen LogP contribution in [0.1, 0.15) is 54.0 Å². The number of benzene rings is 1. The van der Waals surface area contributed by atoms with Gasteiger partial charge in [0.1, 0.15) is 33.3 Å². The Hall–Kier alpha value is -2.78. The first kappa shape index (κ1) is 23.0. The maximum atomic E-state index is 15.1. The van der Waals surface area contributed by atoms with E-state index >= 15 is 4.39 Å². The first-order chi connectivity index (χ1) is 15.9. The van der Waals surface area contributed by atoms with Crippen LogP contribution in [0.5, 0.6) is 0 Å². The van der Waals surface area contributed by atoms with Crippen molar-refractivity contribution in [3.63, 3.8) is 0 Å². The van der Waals surface area contributed by atoms with Crippen LogP contribution < -0.4 is 5.73 Å². The van der Waals surface area contributed by atoms with E-state index in [4.69, 9.17) is 17.3 Å². The molecule has 2 N–H and O–H groups in total. The number of fused-ring (bicyclic) bond motifs is 3. The monoisotopic (exact) mass is 502 g/mol. The topological polar surface area (TPSA) is 107 Å². The van der Waals surface area contributed by atoms with Crippen LogP contribution in [0.2, 0.25) is 5.02 Å². The summed E-state index contributed by atoms with van der Waals surface area (Å²) in [6.45, 7) is 4.96. The Morgan fingerprint density at radius 1 is 1.29 bits per heavy atom. The Balaban J connectivity index is 1.53. The van der Waals surface area contributed by atoms with Gasteiger partial charge < -0.3 is 10.1 Å². The number of nitrogens with zero attached hydrogens (tertiary/aromatic N) is 3. The minimum absolute atomic E-state index is 0.00335. The van der Waals surface area contributed by atoms with E-state index in [0.29, 0.717) is 40.5 Å². The normalized spacial score (nSPS) is 27.7. The van der Waals surface area contributed by atoms with Gasteiger partial charge in [0.2, 0.25) is 0 Å². The molecule has 0 spiro atoms. The molecule has 178 valence electrons. The molecule has 5 rings (SSSR count). The molecule has 34 heavy (non-hydrogen) atoms. The van der Waals surface area contributed by atoms with Gasteiger partial charge in [0.25, 0.3) is 0 Å². The number of halogens is 2. The van der Waals surface area contributed by atoms with E-state index in [0.717, 1.165) is 0 Å². The predicted octanol–water partition coefficient (Wildman–Crippen LogP) is 3.78. The van der Waals surface area contributed by atoms with Crippen LogP contribution in [-0.2, 0) is 21.8 Å². The molecule has 0 amide bonds. The number of pyridine rings is 1. The Labute approximate surface area is 201 Å². The van der Waals surface area contributed by atoms with Gasteiger partial charge in [-0.3, -0.25) is 9.79 Å². The van der Waals surface area contributed by atoms with Crippen molar-refractivity contribution >= 4 is 38.7 Å². The number of aryl methyl sites for hydroxylation is 1. The lowest BCUT2D eigenvalue weighted by atomic mass is 9.85. The zero-order valence-electron chi connectivity index (χ0n) is 19.0. The average Bonchev–Trinajstić information content (AvgIpc) is 3.18. The van der Waals surface area contributed by atoms with Gasteiger partial charge in [0, 0.05) is 18.2 Å². The number of rotatable bonds is 4. The molecule has 0 aliphatic carbocycles. The van der Waals surface area contributed by atoms with Crippen LogP contribution in [0.25, 0.3) is 5.65 Å². The van der Waals surface area contributed by atoms with E-state index in [-0.39, 0.29) is 23.6 Å². The number of aromatic nitrogens is 2. The van der Waals surface area contributed by atoms with Crippen LogP contribution in [0.15, 0.2) is 41.5 Å². The summed E-state index contributed by atoms with van der Waals surface area (Å²) in [5.74, 6) is -0.823. The SMILES string of the molecule is Cc1c(C(=O)Cc2ccc(F)c([C@@]3(C)N=C(N)[C@@]4(C)CC[C@@H]3S4(=O)=O)c2)nc2ccc(Cl)cn12. The molecule has 10 heteroatoms. The largest absolute Gasteiger partial charge is 0.386 e. The van der Waals surface area contributed by atoms with Crippen molar-refractivity contribution in [2.75, 3.05) is 0 Å². The van der Waals surface area contributed by atoms with Crippen LogP contribution >= 0.6 is 11.6 Å². The quantitative estimate of drug-likeness (QED) is 0.546. The minimum Gasteiger partial charge on any atom is -0.386 e.